The van der Waals surface area contributed by atoms with E-state index < -0.39 is 0 Å². The average Bonchev–Trinajstić information content (AvgIpc) is 3.03. The lowest BCUT2D eigenvalue weighted by Crippen LogP contribution is -2.50. The fourth-order valence-corrected chi connectivity index (χ4v) is 4.69. The van der Waals surface area contributed by atoms with E-state index in [1.807, 2.05) is 38.1 Å². The average molecular weight is 396 g/mol. The first kappa shape index (κ1) is 18.6. The molecule has 0 bridgehead atoms. The van der Waals surface area contributed by atoms with Gasteiger partial charge >= 0.3 is 0 Å². The highest BCUT2D eigenvalue weighted by Crippen LogP contribution is 2.32. The lowest BCUT2D eigenvalue weighted by Gasteiger charge is -2.34. The second-order valence-corrected chi connectivity index (χ2v) is 8.20. The van der Waals surface area contributed by atoms with Crippen LogP contribution in [-0.2, 0) is 0 Å². The van der Waals surface area contributed by atoms with Crippen LogP contribution in [0.25, 0.3) is 10.1 Å². The van der Waals surface area contributed by atoms with Crippen LogP contribution < -0.4 is 0 Å². The number of aryl methyl sites for hydroxylation is 2. The Labute approximate surface area is 167 Å². The normalized spacial score (nSPS) is 14.5. The van der Waals surface area contributed by atoms with Gasteiger partial charge in [-0.25, -0.2) is 4.39 Å². The Balaban J connectivity index is 1.46. The van der Waals surface area contributed by atoms with E-state index in [2.05, 4.69) is 0 Å². The van der Waals surface area contributed by atoms with Crippen molar-refractivity contribution < 1.29 is 14.0 Å². The molecule has 1 aliphatic rings. The molecule has 144 valence electrons. The molecular formula is C22H21FN2O2S. The third-order valence-corrected chi connectivity index (χ3v) is 6.51. The van der Waals surface area contributed by atoms with Crippen LogP contribution in [0.4, 0.5) is 4.39 Å². The zero-order valence-corrected chi connectivity index (χ0v) is 16.7. The van der Waals surface area contributed by atoms with Crippen LogP contribution >= 0.6 is 11.3 Å². The molecule has 1 fully saturated rings. The molecule has 0 atom stereocenters. The van der Waals surface area contributed by atoms with Crippen LogP contribution in [0.3, 0.4) is 0 Å². The van der Waals surface area contributed by atoms with Gasteiger partial charge in [-0.05, 0) is 55.1 Å². The lowest BCUT2D eigenvalue weighted by atomic mass is 10.1. The Morgan fingerprint density at radius 1 is 0.893 bits per heavy atom. The first-order valence-electron chi connectivity index (χ1n) is 9.28. The van der Waals surface area contributed by atoms with Gasteiger partial charge in [0.15, 0.2) is 0 Å². The topological polar surface area (TPSA) is 40.6 Å². The summed E-state index contributed by atoms with van der Waals surface area (Å²) >= 11 is 1.40. The van der Waals surface area contributed by atoms with Crippen LogP contribution in [0.15, 0.2) is 42.5 Å². The number of benzene rings is 2. The van der Waals surface area contributed by atoms with Gasteiger partial charge in [0.25, 0.3) is 11.8 Å². The third-order valence-electron chi connectivity index (χ3n) is 5.25. The zero-order valence-electron chi connectivity index (χ0n) is 15.9. The quantitative estimate of drug-likeness (QED) is 0.650. The third kappa shape index (κ3) is 3.40. The molecule has 1 saturated heterocycles. The molecule has 6 heteroatoms. The van der Waals surface area contributed by atoms with E-state index in [-0.39, 0.29) is 17.6 Å². The van der Waals surface area contributed by atoms with Gasteiger partial charge in [-0.15, -0.1) is 11.3 Å². The van der Waals surface area contributed by atoms with Crippen molar-refractivity contribution in [3.63, 3.8) is 0 Å². The summed E-state index contributed by atoms with van der Waals surface area (Å²) in [6.45, 7) is 5.87. The number of thiophene rings is 1. The van der Waals surface area contributed by atoms with Gasteiger partial charge in [0.05, 0.1) is 4.88 Å². The van der Waals surface area contributed by atoms with Crippen LogP contribution in [0.2, 0.25) is 0 Å². The maximum absolute atomic E-state index is 13.5. The summed E-state index contributed by atoms with van der Waals surface area (Å²) in [6, 6.07) is 12.2. The van der Waals surface area contributed by atoms with Crippen molar-refractivity contribution in [1.82, 2.24) is 9.80 Å². The number of carbonyl (C=O) groups is 2. The van der Waals surface area contributed by atoms with Gasteiger partial charge in [-0.3, -0.25) is 9.59 Å². The fourth-order valence-electron chi connectivity index (χ4n) is 3.53. The number of piperazine rings is 1. The van der Waals surface area contributed by atoms with Gasteiger partial charge in [-0.2, -0.15) is 0 Å². The fraction of sp³-hybridized carbons (Fsp3) is 0.273. The number of amides is 2. The Hall–Kier alpha value is -2.73. The monoisotopic (exact) mass is 396 g/mol. The summed E-state index contributed by atoms with van der Waals surface area (Å²) in [6.07, 6.45) is 0. The molecule has 2 aromatic carbocycles. The molecule has 4 rings (SSSR count). The second-order valence-electron chi connectivity index (χ2n) is 7.15. The molecule has 1 aliphatic heterocycles. The number of hydrogen-bond donors (Lipinski definition) is 0. The van der Waals surface area contributed by atoms with Crippen LogP contribution in [0.5, 0.6) is 0 Å². The van der Waals surface area contributed by atoms with Crippen molar-refractivity contribution in [1.29, 1.82) is 0 Å². The standard InChI is InChI=1S/C22H21FN2O2S/c1-14-3-5-16(6-4-14)21(26)24-9-11-25(12-10-24)22(27)20-15(2)18-13-17(23)7-8-19(18)28-20/h3-8,13H,9-12H2,1-2H3. The summed E-state index contributed by atoms with van der Waals surface area (Å²) < 4.78 is 14.4. The minimum Gasteiger partial charge on any atom is -0.335 e. The lowest BCUT2D eigenvalue weighted by molar-refractivity contribution is 0.0538. The maximum Gasteiger partial charge on any atom is 0.264 e. The molecule has 2 heterocycles. The van der Waals surface area contributed by atoms with Gasteiger partial charge in [0, 0.05) is 36.4 Å². The summed E-state index contributed by atoms with van der Waals surface area (Å²) in [5, 5.41) is 0.793. The van der Waals surface area contributed by atoms with E-state index in [0.29, 0.717) is 36.6 Å². The number of halogens is 1. The smallest absolute Gasteiger partial charge is 0.264 e. The molecule has 1 aromatic heterocycles. The van der Waals surface area contributed by atoms with Gasteiger partial charge in [-0.1, -0.05) is 17.7 Å². The summed E-state index contributed by atoms with van der Waals surface area (Å²) in [5.41, 5.74) is 2.61. The van der Waals surface area contributed by atoms with Crippen LogP contribution in [0.1, 0.15) is 31.2 Å². The number of carbonyl (C=O) groups excluding carboxylic acids is 2. The molecule has 4 nitrogen and oxygen atoms in total. The second kappa shape index (κ2) is 7.36. The summed E-state index contributed by atoms with van der Waals surface area (Å²) in [7, 11) is 0. The molecule has 0 radical (unpaired) electrons. The zero-order chi connectivity index (χ0) is 19.8. The molecule has 0 aliphatic carbocycles. The molecule has 0 spiro atoms. The van der Waals surface area contributed by atoms with Crippen molar-refractivity contribution in [3.8, 4) is 0 Å². The highest BCUT2D eigenvalue weighted by Gasteiger charge is 2.27. The predicted molar refractivity (Wildman–Crippen MR) is 110 cm³/mol. The molecule has 28 heavy (non-hydrogen) atoms. The van der Waals surface area contributed by atoms with Gasteiger partial charge < -0.3 is 9.80 Å². The van der Waals surface area contributed by atoms with Crippen molar-refractivity contribution in [2.45, 2.75) is 13.8 Å². The number of hydrogen-bond acceptors (Lipinski definition) is 3. The van der Waals surface area contributed by atoms with E-state index >= 15 is 0 Å². The SMILES string of the molecule is Cc1ccc(C(=O)N2CCN(C(=O)c3sc4ccc(F)cc4c3C)CC2)cc1. The van der Waals surface area contributed by atoms with E-state index in [0.717, 1.165) is 21.2 Å². The molecule has 0 N–H and O–H groups in total. The molecule has 0 saturated carbocycles. The maximum atomic E-state index is 13.5. The van der Waals surface area contributed by atoms with Crippen molar-refractivity contribution >= 4 is 33.2 Å². The van der Waals surface area contributed by atoms with Crippen LogP contribution in [-0.4, -0.2) is 47.8 Å². The minimum absolute atomic E-state index is 0.000571. The van der Waals surface area contributed by atoms with Gasteiger partial charge in [0.1, 0.15) is 5.82 Å². The highest BCUT2D eigenvalue weighted by molar-refractivity contribution is 7.21. The Bertz CT molecular complexity index is 1050. The molecular weight excluding hydrogens is 375 g/mol. The largest absolute Gasteiger partial charge is 0.335 e. The minimum atomic E-state index is -0.296. The first-order valence-corrected chi connectivity index (χ1v) is 10.1. The molecule has 3 aromatic rings. The van der Waals surface area contributed by atoms with Crippen molar-refractivity contribution in [2.75, 3.05) is 26.2 Å². The molecule has 0 unspecified atom stereocenters. The Kier molecular flexibility index (Phi) is 4.89. The van der Waals surface area contributed by atoms with Gasteiger partial charge in [0.2, 0.25) is 0 Å². The van der Waals surface area contributed by atoms with E-state index in [1.165, 1.54) is 23.5 Å². The number of nitrogens with zero attached hydrogens (tertiary/aromatic N) is 2. The van der Waals surface area contributed by atoms with Crippen molar-refractivity contribution in [3.05, 3.63) is 69.8 Å². The van der Waals surface area contributed by atoms with Crippen molar-refractivity contribution in [2.24, 2.45) is 0 Å². The Morgan fingerprint density at radius 2 is 1.50 bits per heavy atom. The number of rotatable bonds is 2. The van der Waals surface area contributed by atoms with E-state index in [9.17, 15) is 14.0 Å². The summed E-state index contributed by atoms with van der Waals surface area (Å²) in [4.78, 5) is 29.9. The Morgan fingerprint density at radius 3 is 2.14 bits per heavy atom. The highest BCUT2D eigenvalue weighted by atomic mass is 32.1. The summed E-state index contributed by atoms with van der Waals surface area (Å²) in [5.74, 6) is -0.335. The van der Waals surface area contributed by atoms with Crippen LogP contribution in [0, 0.1) is 19.7 Å². The molecule has 2 amide bonds. The van der Waals surface area contributed by atoms with E-state index in [1.54, 1.807) is 15.9 Å². The predicted octanol–water partition coefficient (Wildman–Crippen LogP) is 4.26. The first-order chi connectivity index (χ1) is 13.4. The van der Waals surface area contributed by atoms with E-state index in [4.69, 9.17) is 0 Å². The number of fused-ring (bicyclic) bond motifs is 1.